The fourth-order valence-electron chi connectivity index (χ4n) is 1.83. The van der Waals surface area contributed by atoms with Crippen molar-refractivity contribution >= 4 is 0 Å². The first-order chi connectivity index (χ1) is 9.90. The number of aromatic nitrogens is 2. The molecular formula is C17H31N3O. The van der Waals surface area contributed by atoms with Crippen LogP contribution in [0.15, 0.2) is 6.20 Å². The standard InChI is InChI=1S/C17H31N3O/c1-12(2)7-8-21-16-11-19-17(14(5)6)20-15(16)10-18-9-13(3)4/h11-14,18H,7-10H2,1-6H3. The van der Waals surface area contributed by atoms with Gasteiger partial charge in [-0.05, 0) is 24.8 Å². The molecule has 0 spiro atoms. The zero-order chi connectivity index (χ0) is 15.8. The van der Waals surface area contributed by atoms with E-state index in [1.54, 1.807) is 0 Å². The third-order valence-electron chi connectivity index (χ3n) is 3.16. The van der Waals surface area contributed by atoms with Gasteiger partial charge in [0.1, 0.15) is 5.82 Å². The average Bonchev–Trinajstić information content (AvgIpc) is 2.39. The molecule has 0 aliphatic rings. The average molecular weight is 293 g/mol. The second-order valence-electron chi connectivity index (χ2n) is 6.75. The summed E-state index contributed by atoms with van der Waals surface area (Å²) >= 11 is 0. The van der Waals surface area contributed by atoms with Crippen LogP contribution in [0, 0.1) is 11.8 Å². The maximum atomic E-state index is 5.88. The van der Waals surface area contributed by atoms with Crippen molar-refractivity contribution in [1.29, 1.82) is 0 Å². The lowest BCUT2D eigenvalue weighted by Crippen LogP contribution is -2.21. The molecule has 1 rings (SSSR count). The fraction of sp³-hybridized carbons (Fsp3) is 0.765. The van der Waals surface area contributed by atoms with Crippen LogP contribution >= 0.6 is 0 Å². The summed E-state index contributed by atoms with van der Waals surface area (Å²) in [4.78, 5) is 9.08. The highest BCUT2D eigenvalue weighted by atomic mass is 16.5. The molecule has 0 aliphatic carbocycles. The second-order valence-corrected chi connectivity index (χ2v) is 6.75. The highest BCUT2D eigenvalue weighted by Gasteiger charge is 2.11. The maximum absolute atomic E-state index is 5.88. The first-order valence-electron chi connectivity index (χ1n) is 8.09. The molecule has 0 radical (unpaired) electrons. The summed E-state index contributed by atoms with van der Waals surface area (Å²) in [6.07, 6.45) is 2.87. The van der Waals surface area contributed by atoms with E-state index in [-0.39, 0.29) is 0 Å². The van der Waals surface area contributed by atoms with Gasteiger partial charge in [-0.2, -0.15) is 0 Å². The van der Waals surface area contributed by atoms with Crippen LogP contribution in [0.4, 0.5) is 0 Å². The topological polar surface area (TPSA) is 47.0 Å². The largest absolute Gasteiger partial charge is 0.490 e. The van der Waals surface area contributed by atoms with Gasteiger partial charge in [-0.15, -0.1) is 0 Å². The van der Waals surface area contributed by atoms with Crippen LogP contribution in [-0.2, 0) is 6.54 Å². The van der Waals surface area contributed by atoms with Crippen molar-refractivity contribution in [2.75, 3.05) is 13.2 Å². The van der Waals surface area contributed by atoms with Gasteiger partial charge in [0.05, 0.1) is 18.5 Å². The molecule has 0 atom stereocenters. The summed E-state index contributed by atoms with van der Waals surface area (Å²) in [5.41, 5.74) is 0.970. The molecular weight excluding hydrogens is 262 g/mol. The van der Waals surface area contributed by atoms with Crippen molar-refractivity contribution in [3.8, 4) is 5.75 Å². The van der Waals surface area contributed by atoms with Crippen molar-refractivity contribution in [2.45, 2.75) is 60.4 Å². The van der Waals surface area contributed by atoms with Gasteiger partial charge in [0.15, 0.2) is 5.75 Å². The van der Waals surface area contributed by atoms with Crippen LogP contribution < -0.4 is 10.1 Å². The first kappa shape index (κ1) is 17.9. The first-order valence-corrected chi connectivity index (χ1v) is 8.09. The molecule has 4 nitrogen and oxygen atoms in total. The molecule has 1 aromatic heterocycles. The minimum absolute atomic E-state index is 0.332. The molecule has 0 unspecified atom stereocenters. The van der Waals surface area contributed by atoms with Crippen molar-refractivity contribution < 1.29 is 4.74 Å². The molecule has 1 aromatic rings. The minimum Gasteiger partial charge on any atom is -0.490 e. The van der Waals surface area contributed by atoms with Crippen molar-refractivity contribution in [2.24, 2.45) is 11.8 Å². The monoisotopic (exact) mass is 293 g/mol. The van der Waals surface area contributed by atoms with Gasteiger partial charge in [0, 0.05) is 12.5 Å². The van der Waals surface area contributed by atoms with E-state index >= 15 is 0 Å². The quantitative estimate of drug-likeness (QED) is 0.753. The van der Waals surface area contributed by atoms with Gasteiger partial charge in [-0.25, -0.2) is 9.97 Å². The summed E-state index contributed by atoms with van der Waals surface area (Å²) in [7, 11) is 0. The Morgan fingerprint density at radius 3 is 2.38 bits per heavy atom. The minimum atomic E-state index is 0.332. The molecule has 0 saturated carbocycles. The Kier molecular flexibility index (Phi) is 7.65. The normalized spacial score (nSPS) is 11.7. The van der Waals surface area contributed by atoms with Gasteiger partial charge in [0.25, 0.3) is 0 Å². The van der Waals surface area contributed by atoms with Crippen LogP contribution in [0.5, 0.6) is 5.75 Å². The molecule has 0 saturated heterocycles. The number of nitrogens with one attached hydrogen (secondary N) is 1. The summed E-state index contributed by atoms with van der Waals surface area (Å²) in [6.45, 7) is 15.5. The van der Waals surface area contributed by atoms with E-state index in [9.17, 15) is 0 Å². The number of ether oxygens (including phenoxy) is 1. The third kappa shape index (κ3) is 6.89. The van der Waals surface area contributed by atoms with Crippen molar-refractivity contribution in [3.63, 3.8) is 0 Å². The molecule has 120 valence electrons. The summed E-state index contributed by atoms with van der Waals surface area (Å²) in [5, 5.41) is 3.44. The highest BCUT2D eigenvalue weighted by Crippen LogP contribution is 2.19. The van der Waals surface area contributed by atoms with E-state index in [0.29, 0.717) is 17.8 Å². The number of hydrogen-bond donors (Lipinski definition) is 1. The molecule has 0 amide bonds. The van der Waals surface area contributed by atoms with Crippen LogP contribution in [0.2, 0.25) is 0 Å². The van der Waals surface area contributed by atoms with E-state index in [2.05, 4.69) is 56.8 Å². The molecule has 4 heteroatoms. The molecule has 21 heavy (non-hydrogen) atoms. The lowest BCUT2D eigenvalue weighted by Gasteiger charge is -2.15. The van der Waals surface area contributed by atoms with E-state index in [0.717, 1.165) is 43.4 Å². The predicted octanol–water partition coefficient (Wildman–Crippen LogP) is 3.77. The van der Waals surface area contributed by atoms with Crippen molar-refractivity contribution in [3.05, 3.63) is 17.7 Å². The van der Waals surface area contributed by atoms with Crippen molar-refractivity contribution in [1.82, 2.24) is 15.3 Å². The van der Waals surface area contributed by atoms with Gasteiger partial charge in [-0.1, -0.05) is 41.5 Å². The lowest BCUT2D eigenvalue weighted by atomic mass is 10.1. The van der Waals surface area contributed by atoms with Gasteiger partial charge in [-0.3, -0.25) is 0 Å². The molecule has 0 fully saturated rings. The van der Waals surface area contributed by atoms with Gasteiger partial charge >= 0.3 is 0 Å². The summed E-state index contributed by atoms with van der Waals surface area (Å²) < 4.78 is 5.88. The van der Waals surface area contributed by atoms with Crippen LogP contribution in [0.25, 0.3) is 0 Å². The Bertz CT molecular complexity index is 416. The Morgan fingerprint density at radius 2 is 1.81 bits per heavy atom. The zero-order valence-electron chi connectivity index (χ0n) is 14.4. The molecule has 1 N–H and O–H groups in total. The molecule has 0 aliphatic heterocycles. The molecule has 0 aromatic carbocycles. The van der Waals surface area contributed by atoms with E-state index < -0.39 is 0 Å². The molecule has 0 bridgehead atoms. The van der Waals surface area contributed by atoms with E-state index in [1.807, 2.05) is 6.20 Å². The Hall–Kier alpha value is -1.16. The SMILES string of the molecule is CC(C)CCOc1cnc(C(C)C)nc1CNCC(C)C. The van der Waals surface area contributed by atoms with Gasteiger partial charge in [0.2, 0.25) is 0 Å². The lowest BCUT2D eigenvalue weighted by molar-refractivity contribution is 0.283. The smallest absolute Gasteiger partial charge is 0.160 e. The zero-order valence-corrected chi connectivity index (χ0v) is 14.4. The fourth-order valence-corrected chi connectivity index (χ4v) is 1.83. The number of rotatable bonds is 9. The second kappa shape index (κ2) is 8.98. The number of nitrogens with zero attached hydrogens (tertiary/aromatic N) is 2. The number of hydrogen-bond acceptors (Lipinski definition) is 4. The third-order valence-corrected chi connectivity index (χ3v) is 3.16. The van der Waals surface area contributed by atoms with Crippen LogP contribution in [0.1, 0.15) is 65.4 Å². The van der Waals surface area contributed by atoms with E-state index in [4.69, 9.17) is 4.74 Å². The van der Waals surface area contributed by atoms with Crippen LogP contribution in [0.3, 0.4) is 0 Å². The molecule has 1 heterocycles. The predicted molar refractivity (Wildman–Crippen MR) is 87.6 cm³/mol. The Labute approximate surface area is 129 Å². The maximum Gasteiger partial charge on any atom is 0.160 e. The highest BCUT2D eigenvalue weighted by molar-refractivity contribution is 5.25. The Morgan fingerprint density at radius 1 is 1.10 bits per heavy atom. The Balaban J connectivity index is 2.74. The summed E-state index contributed by atoms with van der Waals surface area (Å²) in [5.74, 6) is 3.30. The van der Waals surface area contributed by atoms with E-state index in [1.165, 1.54) is 0 Å². The van der Waals surface area contributed by atoms with Gasteiger partial charge < -0.3 is 10.1 Å². The van der Waals surface area contributed by atoms with Crippen LogP contribution in [-0.4, -0.2) is 23.1 Å². The summed E-state index contributed by atoms with van der Waals surface area (Å²) in [6, 6.07) is 0.